The molecule has 4 aromatic carbocycles. The van der Waals surface area contributed by atoms with E-state index in [0.29, 0.717) is 33.1 Å². The van der Waals surface area contributed by atoms with Crippen LogP contribution in [0.2, 0.25) is 5.02 Å². The molecule has 0 saturated heterocycles. The molecule has 2 amide bonds. The molecule has 0 aliphatic carbocycles. The standard InChI is InChI=1S/C29H24ClN3O3/c1-20(21-14-18-26(19-15-21)31-27(34)22-12-16-25(30)17-13-22)32-33-28(35)29(36,23-8-4-2-5-9-23)24-10-6-3-7-11-24/h2-19,36H,1H3,(H,31,34)(H,33,35)/b32-20+. The Labute approximate surface area is 214 Å². The van der Waals surface area contributed by atoms with Crippen LogP contribution in [0.3, 0.4) is 0 Å². The maximum Gasteiger partial charge on any atom is 0.281 e. The minimum Gasteiger partial charge on any atom is -0.372 e. The number of anilines is 1. The highest BCUT2D eigenvalue weighted by molar-refractivity contribution is 6.30. The zero-order valence-corrected chi connectivity index (χ0v) is 20.2. The first-order chi connectivity index (χ1) is 17.4. The number of nitrogens with zero attached hydrogens (tertiary/aromatic N) is 1. The van der Waals surface area contributed by atoms with Crippen molar-refractivity contribution in [3.8, 4) is 0 Å². The highest BCUT2D eigenvalue weighted by atomic mass is 35.5. The molecule has 0 aliphatic rings. The van der Waals surface area contributed by atoms with Gasteiger partial charge in [0.2, 0.25) is 0 Å². The summed E-state index contributed by atoms with van der Waals surface area (Å²) < 4.78 is 0. The molecular formula is C29H24ClN3O3. The zero-order valence-electron chi connectivity index (χ0n) is 19.5. The van der Waals surface area contributed by atoms with Crippen molar-refractivity contribution < 1.29 is 14.7 Å². The quantitative estimate of drug-likeness (QED) is 0.237. The normalized spacial score (nSPS) is 11.6. The molecule has 0 aliphatic heterocycles. The van der Waals surface area contributed by atoms with Crippen LogP contribution in [0.15, 0.2) is 114 Å². The van der Waals surface area contributed by atoms with Crippen molar-refractivity contribution in [3.63, 3.8) is 0 Å². The highest BCUT2D eigenvalue weighted by Gasteiger charge is 2.39. The number of hydrogen-bond acceptors (Lipinski definition) is 4. The third-order valence-corrected chi connectivity index (χ3v) is 5.96. The van der Waals surface area contributed by atoms with Gasteiger partial charge in [-0.2, -0.15) is 5.10 Å². The topological polar surface area (TPSA) is 90.8 Å². The molecule has 0 bridgehead atoms. The molecule has 0 unspecified atom stereocenters. The molecule has 0 fully saturated rings. The second kappa shape index (κ2) is 11.0. The Morgan fingerprint density at radius 3 is 1.78 bits per heavy atom. The Balaban J connectivity index is 1.48. The molecule has 0 radical (unpaired) electrons. The Kier molecular flexibility index (Phi) is 7.59. The lowest BCUT2D eigenvalue weighted by Crippen LogP contribution is -2.43. The van der Waals surface area contributed by atoms with Gasteiger partial charge in [-0.15, -0.1) is 0 Å². The van der Waals surface area contributed by atoms with E-state index in [0.717, 1.165) is 5.56 Å². The molecule has 0 atom stereocenters. The third-order valence-electron chi connectivity index (χ3n) is 5.70. The highest BCUT2D eigenvalue weighted by Crippen LogP contribution is 2.30. The maximum atomic E-state index is 13.2. The molecule has 3 N–H and O–H groups in total. The number of amides is 2. The molecule has 4 aromatic rings. The first-order valence-electron chi connectivity index (χ1n) is 11.2. The first kappa shape index (κ1) is 24.9. The maximum absolute atomic E-state index is 13.2. The van der Waals surface area contributed by atoms with Gasteiger partial charge in [-0.25, -0.2) is 5.43 Å². The number of nitrogens with one attached hydrogen (secondary N) is 2. The van der Waals surface area contributed by atoms with E-state index in [9.17, 15) is 14.7 Å². The molecule has 7 heteroatoms. The lowest BCUT2D eigenvalue weighted by molar-refractivity contribution is -0.136. The second-order valence-corrected chi connectivity index (χ2v) is 8.56. The van der Waals surface area contributed by atoms with Crippen LogP contribution in [0.1, 0.15) is 34.0 Å². The molecular weight excluding hydrogens is 474 g/mol. The Morgan fingerprint density at radius 1 is 0.750 bits per heavy atom. The van der Waals surface area contributed by atoms with Crippen molar-refractivity contribution in [3.05, 3.63) is 136 Å². The van der Waals surface area contributed by atoms with Gasteiger partial charge < -0.3 is 10.4 Å². The average Bonchev–Trinajstić information content (AvgIpc) is 2.92. The van der Waals surface area contributed by atoms with Gasteiger partial charge in [0, 0.05) is 16.3 Å². The van der Waals surface area contributed by atoms with E-state index in [1.165, 1.54) is 0 Å². The summed E-state index contributed by atoms with van der Waals surface area (Å²) in [7, 11) is 0. The smallest absolute Gasteiger partial charge is 0.281 e. The molecule has 4 rings (SSSR count). The SMILES string of the molecule is C/C(=N\NC(=O)C(O)(c1ccccc1)c1ccccc1)c1ccc(NC(=O)c2ccc(Cl)cc2)cc1. The average molecular weight is 498 g/mol. The van der Waals surface area contributed by atoms with Crippen molar-refractivity contribution in [2.75, 3.05) is 5.32 Å². The predicted octanol–water partition coefficient (Wildman–Crippen LogP) is 5.37. The Morgan fingerprint density at radius 2 is 1.25 bits per heavy atom. The number of hydrogen-bond donors (Lipinski definition) is 3. The fourth-order valence-corrected chi connectivity index (χ4v) is 3.79. The molecule has 36 heavy (non-hydrogen) atoms. The lowest BCUT2D eigenvalue weighted by atomic mass is 9.85. The Hall–Kier alpha value is -4.26. The van der Waals surface area contributed by atoms with Gasteiger partial charge in [0.15, 0.2) is 5.60 Å². The van der Waals surface area contributed by atoms with Gasteiger partial charge >= 0.3 is 0 Å². The van der Waals surface area contributed by atoms with Crippen molar-refractivity contribution >= 4 is 34.8 Å². The second-order valence-electron chi connectivity index (χ2n) is 8.12. The van der Waals surface area contributed by atoms with E-state index in [1.807, 2.05) is 12.1 Å². The molecule has 0 spiro atoms. The predicted molar refractivity (Wildman–Crippen MR) is 142 cm³/mol. The van der Waals surface area contributed by atoms with Crippen LogP contribution < -0.4 is 10.7 Å². The van der Waals surface area contributed by atoms with E-state index in [2.05, 4.69) is 15.8 Å². The molecule has 6 nitrogen and oxygen atoms in total. The van der Waals surface area contributed by atoms with Crippen LogP contribution >= 0.6 is 11.6 Å². The number of hydrazone groups is 1. The van der Waals surface area contributed by atoms with Crippen LogP contribution in [-0.2, 0) is 10.4 Å². The van der Waals surface area contributed by atoms with Gasteiger partial charge in [-0.1, -0.05) is 84.4 Å². The van der Waals surface area contributed by atoms with Crippen molar-refractivity contribution in [1.29, 1.82) is 0 Å². The summed E-state index contributed by atoms with van der Waals surface area (Å²) in [5.74, 6) is -0.927. The van der Waals surface area contributed by atoms with Crippen LogP contribution in [0.25, 0.3) is 0 Å². The summed E-state index contributed by atoms with van der Waals surface area (Å²) in [6.07, 6.45) is 0. The summed E-state index contributed by atoms with van der Waals surface area (Å²) in [5.41, 5.74) is 3.83. The van der Waals surface area contributed by atoms with Crippen molar-refractivity contribution in [2.45, 2.75) is 12.5 Å². The third kappa shape index (κ3) is 5.51. The fourth-order valence-electron chi connectivity index (χ4n) is 3.67. The van der Waals surface area contributed by atoms with Gasteiger partial charge in [0.25, 0.3) is 11.8 Å². The van der Waals surface area contributed by atoms with E-state index >= 15 is 0 Å². The number of halogens is 1. The largest absolute Gasteiger partial charge is 0.372 e. The van der Waals surface area contributed by atoms with E-state index < -0.39 is 11.5 Å². The molecule has 0 saturated carbocycles. The van der Waals surface area contributed by atoms with E-state index in [4.69, 9.17) is 11.6 Å². The van der Waals surface area contributed by atoms with Gasteiger partial charge in [-0.3, -0.25) is 9.59 Å². The van der Waals surface area contributed by atoms with E-state index in [1.54, 1.807) is 104 Å². The molecule has 0 heterocycles. The van der Waals surface area contributed by atoms with Crippen molar-refractivity contribution in [1.82, 2.24) is 5.43 Å². The summed E-state index contributed by atoms with van der Waals surface area (Å²) in [5, 5.41) is 19.1. The van der Waals surface area contributed by atoms with Crippen molar-refractivity contribution in [2.24, 2.45) is 5.10 Å². The van der Waals surface area contributed by atoms with Crippen LogP contribution in [0, 0.1) is 0 Å². The first-order valence-corrected chi connectivity index (χ1v) is 11.6. The van der Waals surface area contributed by atoms with Gasteiger partial charge in [0.1, 0.15) is 0 Å². The van der Waals surface area contributed by atoms with Gasteiger partial charge in [-0.05, 0) is 60.0 Å². The monoisotopic (exact) mass is 497 g/mol. The van der Waals surface area contributed by atoms with Crippen LogP contribution in [-0.4, -0.2) is 22.6 Å². The Bertz CT molecular complexity index is 1330. The minimum absolute atomic E-state index is 0.252. The van der Waals surface area contributed by atoms with E-state index in [-0.39, 0.29) is 5.91 Å². The number of carbonyl (C=O) groups excluding carboxylic acids is 2. The number of carbonyl (C=O) groups is 2. The zero-order chi connectivity index (χ0) is 25.5. The van der Waals surface area contributed by atoms with Crippen LogP contribution in [0.4, 0.5) is 5.69 Å². The number of rotatable bonds is 7. The summed E-state index contributed by atoms with van der Waals surface area (Å²) in [4.78, 5) is 25.6. The fraction of sp³-hybridized carbons (Fsp3) is 0.0690. The molecule has 0 aromatic heterocycles. The number of benzene rings is 4. The van der Waals surface area contributed by atoms with Gasteiger partial charge in [0.05, 0.1) is 5.71 Å². The molecule has 180 valence electrons. The minimum atomic E-state index is -1.91. The lowest BCUT2D eigenvalue weighted by Gasteiger charge is -2.27. The summed E-state index contributed by atoms with van der Waals surface area (Å²) in [6, 6.07) is 31.1. The number of aliphatic hydroxyl groups is 1. The van der Waals surface area contributed by atoms with Crippen LogP contribution in [0.5, 0.6) is 0 Å². The summed E-state index contributed by atoms with van der Waals surface area (Å²) >= 11 is 5.87. The summed E-state index contributed by atoms with van der Waals surface area (Å²) in [6.45, 7) is 1.74.